The van der Waals surface area contributed by atoms with Crippen LogP contribution in [0.3, 0.4) is 0 Å². The summed E-state index contributed by atoms with van der Waals surface area (Å²) in [7, 11) is 0. The summed E-state index contributed by atoms with van der Waals surface area (Å²) in [5.74, 6) is 0.928. The van der Waals surface area contributed by atoms with Gasteiger partial charge in [0.15, 0.2) is 0 Å². The summed E-state index contributed by atoms with van der Waals surface area (Å²) in [4.78, 5) is 11.8. The molecule has 0 spiro atoms. The molecule has 0 heterocycles. The molecule has 4 nitrogen and oxygen atoms in total. The second-order valence-electron chi connectivity index (χ2n) is 5.64. The third kappa shape index (κ3) is 7.38. The van der Waals surface area contributed by atoms with Crippen molar-refractivity contribution in [2.45, 2.75) is 26.2 Å². The van der Waals surface area contributed by atoms with Crippen molar-refractivity contribution in [1.29, 1.82) is 0 Å². The molecular weight excluding hydrogens is 324 g/mol. The van der Waals surface area contributed by atoms with Crippen molar-refractivity contribution in [2.24, 2.45) is 0 Å². The summed E-state index contributed by atoms with van der Waals surface area (Å²) in [5.41, 5.74) is 8.53. The van der Waals surface area contributed by atoms with E-state index in [-0.39, 0.29) is 18.3 Å². The van der Waals surface area contributed by atoms with Gasteiger partial charge in [-0.25, -0.2) is 0 Å². The fourth-order valence-corrected chi connectivity index (χ4v) is 2.16. The highest BCUT2D eigenvalue weighted by atomic mass is 35.5. The van der Waals surface area contributed by atoms with E-state index in [0.29, 0.717) is 25.3 Å². The molecule has 24 heavy (non-hydrogen) atoms. The van der Waals surface area contributed by atoms with Gasteiger partial charge in [0, 0.05) is 12.2 Å². The molecule has 0 aliphatic rings. The SMILES string of the molecule is Cc1ccc(OCCCCNC(=O)Cc2ccc(N)cc2)cc1.Cl. The largest absolute Gasteiger partial charge is 0.494 e. The molecule has 0 aromatic heterocycles. The van der Waals surface area contributed by atoms with Crippen LogP contribution in [-0.2, 0) is 11.2 Å². The molecule has 0 saturated heterocycles. The minimum atomic E-state index is 0. The van der Waals surface area contributed by atoms with Crippen molar-refractivity contribution in [2.75, 3.05) is 18.9 Å². The molecule has 0 saturated carbocycles. The van der Waals surface area contributed by atoms with Gasteiger partial charge in [0.05, 0.1) is 13.0 Å². The van der Waals surface area contributed by atoms with E-state index in [2.05, 4.69) is 12.2 Å². The van der Waals surface area contributed by atoms with Crippen LogP contribution in [0.2, 0.25) is 0 Å². The molecule has 0 aliphatic carbocycles. The van der Waals surface area contributed by atoms with Crippen molar-refractivity contribution < 1.29 is 9.53 Å². The number of aryl methyl sites for hydroxylation is 1. The molecule has 0 unspecified atom stereocenters. The van der Waals surface area contributed by atoms with Crippen LogP contribution in [-0.4, -0.2) is 19.1 Å². The fraction of sp³-hybridized carbons (Fsp3) is 0.316. The van der Waals surface area contributed by atoms with E-state index >= 15 is 0 Å². The quantitative estimate of drug-likeness (QED) is 0.566. The van der Waals surface area contributed by atoms with Crippen molar-refractivity contribution in [1.82, 2.24) is 5.32 Å². The second kappa shape index (κ2) is 10.6. The molecule has 2 rings (SSSR count). The first-order chi connectivity index (χ1) is 11.1. The Bertz CT molecular complexity index is 612. The number of ether oxygens (including phenoxy) is 1. The molecule has 0 fully saturated rings. The van der Waals surface area contributed by atoms with Crippen LogP contribution in [0.15, 0.2) is 48.5 Å². The van der Waals surface area contributed by atoms with Crippen molar-refractivity contribution in [3.05, 3.63) is 59.7 Å². The maximum atomic E-state index is 11.8. The highest BCUT2D eigenvalue weighted by Gasteiger charge is 2.02. The van der Waals surface area contributed by atoms with Gasteiger partial charge in [-0.05, 0) is 49.6 Å². The number of carbonyl (C=O) groups excluding carboxylic acids is 1. The molecular formula is C19H25ClN2O2. The maximum Gasteiger partial charge on any atom is 0.224 e. The monoisotopic (exact) mass is 348 g/mol. The van der Waals surface area contributed by atoms with Crippen LogP contribution in [0.1, 0.15) is 24.0 Å². The molecule has 2 aromatic carbocycles. The average molecular weight is 349 g/mol. The lowest BCUT2D eigenvalue weighted by Gasteiger charge is -2.08. The third-order valence-electron chi connectivity index (χ3n) is 3.53. The van der Waals surface area contributed by atoms with Gasteiger partial charge in [-0.2, -0.15) is 0 Å². The van der Waals surface area contributed by atoms with Crippen LogP contribution in [0.4, 0.5) is 5.69 Å². The maximum absolute atomic E-state index is 11.8. The predicted molar refractivity (Wildman–Crippen MR) is 101 cm³/mol. The lowest BCUT2D eigenvalue weighted by atomic mass is 10.1. The lowest BCUT2D eigenvalue weighted by Crippen LogP contribution is -2.26. The number of unbranched alkanes of at least 4 members (excludes halogenated alkanes) is 1. The van der Waals surface area contributed by atoms with E-state index in [1.807, 2.05) is 48.5 Å². The third-order valence-corrected chi connectivity index (χ3v) is 3.53. The van der Waals surface area contributed by atoms with E-state index in [1.165, 1.54) is 5.56 Å². The zero-order valence-corrected chi connectivity index (χ0v) is 14.8. The molecule has 2 aromatic rings. The molecule has 5 heteroatoms. The number of nitrogen functional groups attached to an aromatic ring is 1. The first-order valence-electron chi connectivity index (χ1n) is 7.94. The molecule has 3 N–H and O–H groups in total. The summed E-state index contributed by atoms with van der Waals surface area (Å²) in [6.07, 6.45) is 2.20. The van der Waals surface area contributed by atoms with Gasteiger partial charge in [-0.3, -0.25) is 4.79 Å². The fourth-order valence-electron chi connectivity index (χ4n) is 2.16. The second-order valence-corrected chi connectivity index (χ2v) is 5.64. The lowest BCUT2D eigenvalue weighted by molar-refractivity contribution is -0.120. The average Bonchev–Trinajstić information content (AvgIpc) is 2.54. The van der Waals surface area contributed by atoms with Crippen LogP contribution in [0.25, 0.3) is 0 Å². The van der Waals surface area contributed by atoms with E-state index < -0.39 is 0 Å². The number of halogens is 1. The Hall–Kier alpha value is -2.20. The van der Waals surface area contributed by atoms with Gasteiger partial charge in [0.2, 0.25) is 5.91 Å². The topological polar surface area (TPSA) is 64.3 Å². The zero-order chi connectivity index (χ0) is 16.5. The van der Waals surface area contributed by atoms with E-state index in [9.17, 15) is 4.79 Å². The van der Waals surface area contributed by atoms with Gasteiger partial charge in [0.1, 0.15) is 5.75 Å². The summed E-state index contributed by atoms with van der Waals surface area (Å²) >= 11 is 0. The molecule has 0 radical (unpaired) electrons. The van der Waals surface area contributed by atoms with Crippen molar-refractivity contribution >= 4 is 24.0 Å². The van der Waals surface area contributed by atoms with Gasteiger partial charge >= 0.3 is 0 Å². The Morgan fingerprint density at radius 1 is 1.04 bits per heavy atom. The van der Waals surface area contributed by atoms with Gasteiger partial charge in [-0.15, -0.1) is 12.4 Å². The van der Waals surface area contributed by atoms with Crippen molar-refractivity contribution in [3.63, 3.8) is 0 Å². The number of carbonyl (C=O) groups is 1. The predicted octanol–water partition coefficient (Wildman–Crippen LogP) is 3.52. The van der Waals surface area contributed by atoms with E-state index in [1.54, 1.807) is 0 Å². The highest BCUT2D eigenvalue weighted by Crippen LogP contribution is 2.11. The molecule has 1 amide bonds. The van der Waals surface area contributed by atoms with Crippen molar-refractivity contribution in [3.8, 4) is 5.75 Å². The van der Waals surface area contributed by atoms with Crippen LogP contribution < -0.4 is 15.8 Å². The van der Waals surface area contributed by atoms with E-state index in [0.717, 1.165) is 24.2 Å². The summed E-state index contributed by atoms with van der Waals surface area (Å²) in [5, 5.41) is 2.93. The molecule has 130 valence electrons. The Balaban J connectivity index is 0.00000288. The number of hydrogen-bond donors (Lipinski definition) is 2. The van der Waals surface area contributed by atoms with Gasteiger partial charge in [-0.1, -0.05) is 29.8 Å². The number of amides is 1. The summed E-state index contributed by atoms with van der Waals surface area (Å²) in [6.45, 7) is 3.39. The van der Waals surface area contributed by atoms with Crippen LogP contribution in [0, 0.1) is 6.92 Å². The van der Waals surface area contributed by atoms with Crippen LogP contribution in [0.5, 0.6) is 5.75 Å². The number of nitrogens with one attached hydrogen (secondary N) is 1. The van der Waals surface area contributed by atoms with E-state index in [4.69, 9.17) is 10.5 Å². The Labute approximate surface area is 149 Å². The molecule has 0 bridgehead atoms. The number of benzene rings is 2. The summed E-state index contributed by atoms with van der Waals surface area (Å²) < 4.78 is 5.65. The number of nitrogens with two attached hydrogens (primary N) is 1. The minimum Gasteiger partial charge on any atom is -0.494 e. The number of hydrogen-bond acceptors (Lipinski definition) is 3. The first kappa shape index (κ1) is 19.8. The molecule has 0 aliphatic heterocycles. The Morgan fingerprint density at radius 3 is 2.38 bits per heavy atom. The number of anilines is 1. The minimum absolute atomic E-state index is 0. The normalized spacial score (nSPS) is 9.88. The number of rotatable bonds is 8. The standard InChI is InChI=1S/C19H24N2O2.ClH/c1-15-4-10-18(11-5-15)23-13-3-2-12-21-19(22)14-16-6-8-17(20)9-7-16;/h4-11H,2-3,12-14,20H2,1H3,(H,21,22);1H. The van der Waals surface area contributed by atoms with Gasteiger partial charge in [0.25, 0.3) is 0 Å². The highest BCUT2D eigenvalue weighted by molar-refractivity contribution is 5.85. The Kier molecular flexibility index (Phi) is 8.72. The smallest absolute Gasteiger partial charge is 0.224 e. The summed E-state index contributed by atoms with van der Waals surface area (Å²) in [6, 6.07) is 15.4. The first-order valence-corrected chi connectivity index (χ1v) is 7.94. The van der Waals surface area contributed by atoms with Crippen LogP contribution >= 0.6 is 12.4 Å². The Morgan fingerprint density at radius 2 is 1.71 bits per heavy atom. The van der Waals surface area contributed by atoms with Gasteiger partial charge < -0.3 is 15.8 Å². The molecule has 0 atom stereocenters. The zero-order valence-electron chi connectivity index (χ0n) is 14.0.